The Morgan fingerprint density at radius 2 is 0.690 bits per heavy atom. The summed E-state index contributed by atoms with van der Waals surface area (Å²) < 4.78 is 14.1. The molecule has 0 fully saturated rings. The van der Waals surface area contributed by atoms with E-state index in [1.54, 1.807) is 0 Å². The van der Waals surface area contributed by atoms with E-state index in [2.05, 4.69) is 303 Å². The second-order valence-corrected chi connectivity index (χ2v) is 22.9. The number of aryl methyl sites for hydroxylation is 4. The summed E-state index contributed by atoms with van der Waals surface area (Å²) in [5.74, 6) is 0. The highest BCUT2D eigenvalue weighted by molar-refractivity contribution is 6.21. The molecule has 2 aliphatic rings. The maximum Gasteiger partial charge on any atom is 0.159 e. The van der Waals surface area contributed by atoms with E-state index in [1.807, 2.05) is 0 Å². The van der Waals surface area contributed by atoms with Gasteiger partial charge in [-0.25, -0.2) is 0 Å². The lowest BCUT2D eigenvalue weighted by molar-refractivity contribution is 0.668. The molecule has 398 valence electrons. The Morgan fingerprint density at radius 1 is 0.298 bits per heavy atom. The summed E-state index contributed by atoms with van der Waals surface area (Å²) >= 11 is 0. The highest BCUT2D eigenvalue weighted by Gasteiger charge is 2.54. The van der Waals surface area contributed by atoms with Gasteiger partial charge in [-0.05, 0) is 156 Å². The molecule has 2 aromatic heterocycles. The number of hydrogen-bond acceptors (Lipinski definition) is 5. The highest BCUT2D eigenvalue weighted by atomic mass is 16.3. The van der Waals surface area contributed by atoms with Crippen molar-refractivity contribution in [2.45, 2.75) is 33.1 Å². The third-order valence-corrected chi connectivity index (χ3v) is 18.1. The Kier molecular flexibility index (Phi) is 10.4. The molecule has 1 spiro atoms. The molecule has 0 saturated carbocycles. The first-order chi connectivity index (χ1) is 41.3. The molecule has 5 nitrogen and oxygen atoms in total. The van der Waals surface area contributed by atoms with E-state index in [0.717, 1.165) is 106 Å². The number of benzene rings is 13. The van der Waals surface area contributed by atoms with Crippen molar-refractivity contribution in [3.8, 4) is 11.1 Å². The van der Waals surface area contributed by atoms with Gasteiger partial charge in [0.25, 0.3) is 0 Å². The van der Waals surface area contributed by atoms with Gasteiger partial charge in [0.05, 0.1) is 39.5 Å². The zero-order valence-corrected chi connectivity index (χ0v) is 47.0. The van der Waals surface area contributed by atoms with Gasteiger partial charge in [0, 0.05) is 49.4 Å². The molecule has 1 aliphatic carbocycles. The van der Waals surface area contributed by atoms with Gasteiger partial charge in [0.15, 0.2) is 11.2 Å². The number of anilines is 9. The van der Waals surface area contributed by atoms with Gasteiger partial charge >= 0.3 is 0 Å². The molecule has 0 bridgehead atoms. The van der Waals surface area contributed by atoms with Gasteiger partial charge < -0.3 is 23.5 Å². The monoisotopic (exact) mass is 1080 g/mol. The van der Waals surface area contributed by atoms with Crippen molar-refractivity contribution >= 4 is 117 Å². The summed E-state index contributed by atoms with van der Waals surface area (Å²) in [5, 5.41) is 8.96. The fourth-order valence-electron chi connectivity index (χ4n) is 14.7. The number of nitrogens with zero attached hydrogens (tertiary/aromatic N) is 3. The number of rotatable bonds is 7. The molecule has 5 heteroatoms. The van der Waals surface area contributed by atoms with Crippen LogP contribution in [-0.2, 0) is 5.41 Å². The normalized spacial score (nSPS) is 13.1. The van der Waals surface area contributed by atoms with Gasteiger partial charge in [-0.15, -0.1) is 0 Å². The molecule has 0 radical (unpaired) electrons. The summed E-state index contributed by atoms with van der Waals surface area (Å²) in [7, 11) is 0. The Bertz CT molecular complexity index is 4930. The first kappa shape index (κ1) is 48.1. The lowest BCUT2D eigenvalue weighted by Gasteiger charge is -2.45. The average molecular weight is 1080 g/mol. The SMILES string of the molecule is Cc1ccc(N(c2cc3c(c4ccccc24)-c2c(cc(N(c4ccc(C)cc4C)c4cccc5c4oc4ccccc45)c4ccccc24)C32c3ccccc3N(c3ccccc3)c3ccccc32)c2cccc3c2oc2ccccc23)c(C)c1. The smallest absolute Gasteiger partial charge is 0.159 e. The third-order valence-electron chi connectivity index (χ3n) is 18.1. The maximum absolute atomic E-state index is 7.04. The maximum atomic E-state index is 7.04. The second-order valence-electron chi connectivity index (χ2n) is 22.9. The van der Waals surface area contributed by atoms with Crippen LogP contribution in [0.2, 0.25) is 0 Å². The fraction of sp³-hybridized carbons (Fsp3) is 0.0633. The molecule has 15 aromatic rings. The van der Waals surface area contributed by atoms with Crippen LogP contribution in [0.5, 0.6) is 0 Å². The van der Waals surface area contributed by atoms with Gasteiger partial charge in [0.2, 0.25) is 0 Å². The Hall–Kier alpha value is -10.6. The van der Waals surface area contributed by atoms with Crippen molar-refractivity contribution in [3.05, 3.63) is 305 Å². The minimum Gasteiger partial charge on any atom is -0.454 e. The molecule has 1 aliphatic heterocycles. The topological polar surface area (TPSA) is 36.0 Å². The first-order valence-corrected chi connectivity index (χ1v) is 29.1. The zero-order valence-electron chi connectivity index (χ0n) is 47.0. The highest BCUT2D eigenvalue weighted by Crippen LogP contribution is 2.67. The number of hydrogen-bond donors (Lipinski definition) is 0. The van der Waals surface area contributed by atoms with E-state index in [9.17, 15) is 0 Å². The molecule has 3 heterocycles. The largest absolute Gasteiger partial charge is 0.454 e. The van der Waals surface area contributed by atoms with Crippen LogP contribution in [0.3, 0.4) is 0 Å². The third kappa shape index (κ3) is 6.72. The minimum atomic E-state index is -0.889. The van der Waals surface area contributed by atoms with Crippen LogP contribution >= 0.6 is 0 Å². The van der Waals surface area contributed by atoms with E-state index in [0.29, 0.717) is 0 Å². The summed E-state index contributed by atoms with van der Waals surface area (Å²) in [6.45, 7) is 8.85. The standard InChI is InChI=1S/C79H55N3O2/c1-48-40-42-65(50(3)44-48)81(69-36-20-30-59-55-26-12-18-38-73(55)83-77(59)69)71-46-63-75(57-28-10-8-24-53(57)71)76-58-29-11-9-25-54(58)72(82(66-43-41-49(2)45-51(66)4)70-37-21-31-60-56-27-13-19-39-74(56)84-78(60)70)47-64(76)79(63)61-32-14-16-34-67(61)80(52-22-6-5-7-23-52)68-35-17-15-33-62(68)79/h5-47H,1-4H3. The summed E-state index contributed by atoms with van der Waals surface area (Å²) in [6.07, 6.45) is 0. The second kappa shape index (κ2) is 18.2. The van der Waals surface area contributed by atoms with E-state index in [-0.39, 0.29) is 0 Å². The molecule has 0 unspecified atom stereocenters. The van der Waals surface area contributed by atoms with E-state index < -0.39 is 5.41 Å². The summed E-state index contributed by atoms with van der Waals surface area (Å²) in [4.78, 5) is 7.47. The predicted molar refractivity (Wildman–Crippen MR) is 350 cm³/mol. The van der Waals surface area contributed by atoms with Crippen molar-refractivity contribution in [2.24, 2.45) is 0 Å². The summed E-state index contributed by atoms with van der Waals surface area (Å²) in [5.41, 5.74) is 24.1. The first-order valence-electron chi connectivity index (χ1n) is 29.1. The Labute approximate surface area is 487 Å². The molecule has 0 atom stereocenters. The van der Waals surface area contributed by atoms with Crippen LogP contribution < -0.4 is 14.7 Å². The molecule has 0 amide bonds. The minimum absolute atomic E-state index is 0.842. The van der Waals surface area contributed by atoms with E-state index in [1.165, 1.54) is 66.4 Å². The fourth-order valence-corrected chi connectivity index (χ4v) is 14.7. The van der Waals surface area contributed by atoms with Crippen LogP contribution in [0.4, 0.5) is 51.2 Å². The van der Waals surface area contributed by atoms with Crippen molar-refractivity contribution in [1.29, 1.82) is 0 Å². The molecule has 17 rings (SSSR count). The van der Waals surface area contributed by atoms with Gasteiger partial charge in [-0.1, -0.05) is 199 Å². The van der Waals surface area contributed by atoms with Gasteiger partial charge in [-0.2, -0.15) is 0 Å². The van der Waals surface area contributed by atoms with Crippen molar-refractivity contribution in [2.75, 3.05) is 14.7 Å². The summed E-state index contributed by atoms with van der Waals surface area (Å²) in [6, 6.07) is 96.4. The van der Waals surface area contributed by atoms with Crippen molar-refractivity contribution < 1.29 is 8.83 Å². The van der Waals surface area contributed by atoms with Crippen LogP contribution in [0.15, 0.2) is 270 Å². The lowest BCUT2D eigenvalue weighted by Crippen LogP contribution is -2.36. The molecule has 84 heavy (non-hydrogen) atoms. The molecule has 0 N–H and O–H groups in total. The van der Waals surface area contributed by atoms with Crippen LogP contribution in [0.25, 0.3) is 76.5 Å². The number of furan rings is 2. The van der Waals surface area contributed by atoms with Crippen LogP contribution in [-0.4, -0.2) is 0 Å². The van der Waals surface area contributed by atoms with Crippen molar-refractivity contribution in [1.82, 2.24) is 0 Å². The molecule has 0 saturated heterocycles. The predicted octanol–water partition coefficient (Wildman–Crippen LogP) is 22.1. The Morgan fingerprint density at radius 3 is 1.15 bits per heavy atom. The lowest BCUT2D eigenvalue weighted by atomic mass is 9.64. The van der Waals surface area contributed by atoms with E-state index >= 15 is 0 Å². The average Bonchev–Trinajstić information content (AvgIpc) is 1.47. The number of fused-ring (bicyclic) bond motifs is 19. The van der Waals surface area contributed by atoms with E-state index in [4.69, 9.17) is 8.83 Å². The zero-order chi connectivity index (χ0) is 55.9. The van der Waals surface area contributed by atoms with Crippen LogP contribution in [0.1, 0.15) is 44.5 Å². The van der Waals surface area contributed by atoms with Crippen molar-refractivity contribution in [3.63, 3.8) is 0 Å². The molecular weight excluding hydrogens is 1020 g/mol. The van der Waals surface area contributed by atoms with Gasteiger partial charge in [0.1, 0.15) is 11.2 Å². The molecule has 13 aromatic carbocycles. The van der Waals surface area contributed by atoms with Gasteiger partial charge in [-0.3, -0.25) is 0 Å². The number of para-hydroxylation sites is 7. The quantitative estimate of drug-likeness (QED) is 0.159. The molecular formula is C79H55N3O2. The Balaban J connectivity index is 1.06. The van der Waals surface area contributed by atoms with Crippen LogP contribution in [0, 0.1) is 27.7 Å².